The third-order valence-corrected chi connectivity index (χ3v) is 3.16. The van der Waals surface area contributed by atoms with Crippen LogP contribution in [0.3, 0.4) is 0 Å². The van der Waals surface area contributed by atoms with Crippen LogP contribution in [0, 0.1) is 6.92 Å². The lowest BCUT2D eigenvalue weighted by Gasteiger charge is -1.94. The van der Waals surface area contributed by atoms with E-state index in [1.807, 2.05) is 19.1 Å². The van der Waals surface area contributed by atoms with Gasteiger partial charge in [-0.3, -0.25) is 0 Å². The fourth-order valence-electron chi connectivity index (χ4n) is 1.21. The summed E-state index contributed by atoms with van der Waals surface area (Å²) in [5, 5.41) is 10.5. The number of aromatic hydroxyl groups is 1. The van der Waals surface area contributed by atoms with Gasteiger partial charge in [-0.1, -0.05) is 15.9 Å². The van der Waals surface area contributed by atoms with Crippen molar-refractivity contribution in [3.8, 4) is 5.75 Å². The van der Waals surface area contributed by atoms with E-state index in [0.717, 1.165) is 14.6 Å². The summed E-state index contributed by atoms with van der Waals surface area (Å²) in [6.45, 7) is 2.04. The van der Waals surface area contributed by atoms with Gasteiger partial charge in [0.15, 0.2) is 0 Å². The lowest BCUT2D eigenvalue weighted by molar-refractivity contribution is 0.481. The molecule has 0 spiro atoms. The molecule has 2 rings (SSSR count). The molecule has 1 N–H and O–H groups in total. The van der Waals surface area contributed by atoms with E-state index in [4.69, 9.17) is 0 Å². The molecule has 0 saturated heterocycles. The zero-order valence-corrected chi connectivity index (χ0v) is 8.87. The predicted octanol–water partition coefficient (Wildman–Crippen LogP) is 3.68. The van der Waals surface area contributed by atoms with Gasteiger partial charge in [-0.15, -0.1) is 11.3 Å². The van der Waals surface area contributed by atoms with Gasteiger partial charge < -0.3 is 5.11 Å². The van der Waals surface area contributed by atoms with Gasteiger partial charge in [0.2, 0.25) is 0 Å². The third-order valence-electron chi connectivity index (χ3n) is 1.70. The molecule has 0 atom stereocenters. The predicted molar refractivity (Wildman–Crippen MR) is 55.9 cm³/mol. The maximum absolute atomic E-state index is 9.54. The monoisotopic (exact) mass is 242 g/mol. The highest BCUT2D eigenvalue weighted by Crippen LogP contribution is 2.34. The molecule has 1 nitrogen and oxygen atoms in total. The van der Waals surface area contributed by atoms with Gasteiger partial charge in [0, 0.05) is 19.4 Å². The van der Waals surface area contributed by atoms with E-state index in [0.29, 0.717) is 5.75 Å². The van der Waals surface area contributed by atoms with Gasteiger partial charge in [0.25, 0.3) is 0 Å². The van der Waals surface area contributed by atoms with Crippen LogP contribution >= 0.6 is 27.3 Å². The average Bonchev–Trinajstić information content (AvgIpc) is 2.29. The lowest BCUT2D eigenvalue weighted by Crippen LogP contribution is -1.67. The second-order valence-electron chi connectivity index (χ2n) is 2.69. The van der Waals surface area contributed by atoms with E-state index in [1.54, 1.807) is 17.4 Å². The van der Waals surface area contributed by atoms with E-state index in [9.17, 15) is 5.11 Å². The van der Waals surface area contributed by atoms with Crippen molar-refractivity contribution >= 4 is 37.4 Å². The molecule has 0 radical (unpaired) electrons. The molecular formula is C9H7BrOS. The van der Waals surface area contributed by atoms with Crippen LogP contribution in [0.2, 0.25) is 0 Å². The largest absolute Gasteiger partial charge is 0.507 e. The number of halogens is 1. The standard InChI is InChI=1S/C9H7BrOS/c1-5-2-7-8(11)3-6(10)4-9(7)12-5/h2-4,11H,1H3. The zero-order valence-electron chi connectivity index (χ0n) is 6.47. The van der Waals surface area contributed by atoms with Crippen LogP contribution in [-0.4, -0.2) is 5.11 Å². The van der Waals surface area contributed by atoms with E-state index in [2.05, 4.69) is 15.9 Å². The summed E-state index contributed by atoms with van der Waals surface area (Å²) in [4.78, 5) is 1.22. The smallest absolute Gasteiger partial charge is 0.125 e. The lowest BCUT2D eigenvalue weighted by atomic mass is 10.2. The van der Waals surface area contributed by atoms with Crippen LogP contribution in [0.4, 0.5) is 0 Å². The molecule has 0 unspecified atom stereocenters. The first kappa shape index (κ1) is 8.08. The van der Waals surface area contributed by atoms with Crippen LogP contribution in [0.1, 0.15) is 4.88 Å². The van der Waals surface area contributed by atoms with Crippen LogP contribution in [0.25, 0.3) is 10.1 Å². The normalized spacial score (nSPS) is 10.8. The first-order chi connectivity index (χ1) is 5.66. The molecule has 12 heavy (non-hydrogen) atoms. The Balaban J connectivity index is 2.88. The summed E-state index contributed by atoms with van der Waals surface area (Å²) in [5.41, 5.74) is 0. The fourth-order valence-corrected chi connectivity index (χ4v) is 2.80. The van der Waals surface area contributed by atoms with Crippen molar-refractivity contribution in [2.75, 3.05) is 0 Å². The van der Waals surface area contributed by atoms with Gasteiger partial charge in [0.1, 0.15) is 5.75 Å². The number of phenolic OH excluding ortho intramolecular Hbond substituents is 1. The van der Waals surface area contributed by atoms with E-state index < -0.39 is 0 Å². The zero-order chi connectivity index (χ0) is 8.72. The molecular weight excluding hydrogens is 236 g/mol. The number of fused-ring (bicyclic) bond motifs is 1. The van der Waals surface area contributed by atoms with Crippen molar-refractivity contribution in [3.63, 3.8) is 0 Å². The van der Waals surface area contributed by atoms with Gasteiger partial charge in [-0.25, -0.2) is 0 Å². The first-order valence-corrected chi connectivity index (χ1v) is 5.16. The summed E-state index contributed by atoms with van der Waals surface area (Å²) in [6, 6.07) is 5.74. The van der Waals surface area contributed by atoms with Crippen LogP contribution < -0.4 is 0 Å². The summed E-state index contributed by atoms with van der Waals surface area (Å²) < 4.78 is 2.05. The average molecular weight is 243 g/mol. The minimum Gasteiger partial charge on any atom is -0.507 e. The molecule has 1 heterocycles. The Labute approximate surface area is 82.8 Å². The molecule has 0 aliphatic rings. The highest BCUT2D eigenvalue weighted by Gasteiger charge is 2.04. The van der Waals surface area contributed by atoms with Crippen molar-refractivity contribution in [1.29, 1.82) is 0 Å². The molecule has 3 heteroatoms. The maximum atomic E-state index is 9.54. The number of hydrogen-bond acceptors (Lipinski definition) is 2. The molecule has 1 aromatic heterocycles. The van der Waals surface area contributed by atoms with Crippen molar-refractivity contribution in [3.05, 3.63) is 27.5 Å². The Morgan fingerprint density at radius 1 is 1.33 bits per heavy atom. The Morgan fingerprint density at radius 3 is 2.83 bits per heavy atom. The number of phenols is 1. The minimum absolute atomic E-state index is 0.351. The third kappa shape index (κ3) is 1.23. The molecule has 1 aromatic carbocycles. The molecule has 2 aromatic rings. The Morgan fingerprint density at radius 2 is 2.08 bits per heavy atom. The Hall–Kier alpha value is -0.540. The molecule has 0 fully saturated rings. The van der Waals surface area contributed by atoms with Gasteiger partial charge in [0.05, 0.1) is 0 Å². The SMILES string of the molecule is Cc1cc2c(O)cc(Br)cc2s1. The number of aryl methyl sites for hydroxylation is 1. The number of benzene rings is 1. The second kappa shape index (κ2) is 2.75. The first-order valence-electron chi connectivity index (χ1n) is 3.55. The summed E-state index contributed by atoms with van der Waals surface area (Å²) in [5.74, 6) is 0.351. The van der Waals surface area contributed by atoms with Crippen LogP contribution in [-0.2, 0) is 0 Å². The van der Waals surface area contributed by atoms with Gasteiger partial charge in [-0.2, -0.15) is 0 Å². The van der Waals surface area contributed by atoms with E-state index >= 15 is 0 Å². The fraction of sp³-hybridized carbons (Fsp3) is 0.111. The topological polar surface area (TPSA) is 20.2 Å². The summed E-state index contributed by atoms with van der Waals surface area (Å²) in [7, 11) is 0. The van der Waals surface area contributed by atoms with Crippen LogP contribution in [0.15, 0.2) is 22.7 Å². The number of rotatable bonds is 0. The quantitative estimate of drug-likeness (QED) is 0.748. The van der Waals surface area contributed by atoms with Crippen molar-refractivity contribution in [2.24, 2.45) is 0 Å². The minimum atomic E-state index is 0.351. The maximum Gasteiger partial charge on any atom is 0.125 e. The number of thiophene rings is 1. The van der Waals surface area contributed by atoms with E-state index in [1.165, 1.54) is 4.88 Å². The second-order valence-corrected chi connectivity index (χ2v) is 4.90. The summed E-state index contributed by atoms with van der Waals surface area (Å²) >= 11 is 5.03. The molecule has 0 saturated carbocycles. The highest BCUT2D eigenvalue weighted by molar-refractivity contribution is 9.10. The highest BCUT2D eigenvalue weighted by atomic mass is 79.9. The van der Waals surface area contributed by atoms with Crippen LogP contribution in [0.5, 0.6) is 5.75 Å². The molecule has 0 amide bonds. The van der Waals surface area contributed by atoms with Crippen molar-refractivity contribution in [1.82, 2.24) is 0 Å². The van der Waals surface area contributed by atoms with Gasteiger partial charge >= 0.3 is 0 Å². The molecule has 0 bridgehead atoms. The molecule has 0 aliphatic carbocycles. The van der Waals surface area contributed by atoms with Crippen molar-refractivity contribution in [2.45, 2.75) is 6.92 Å². The molecule has 62 valence electrons. The number of hydrogen-bond donors (Lipinski definition) is 1. The van der Waals surface area contributed by atoms with Gasteiger partial charge in [-0.05, 0) is 25.1 Å². The Kier molecular flexibility index (Phi) is 1.85. The molecule has 0 aliphatic heterocycles. The van der Waals surface area contributed by atoms with E-state index in [-0.39, 0.29) is 0 Å². The summed E-state index contributed by atoms with van der Waals surface area (Å²) in [6.07, 6.45) is 0. The Bertz CT molecular complexity index is 433. The van der Waals surface area contributed by atoms with Crippen molar-refractivity contribution < 1.29 is 5.11 Å².